The van der Waals surface area contributed by atoms with Gasteiger partial charge in [-0.25, -0.2) is 0 Å². The summed E-state index contributed by atoms with van der Waals surface area (Å²) in [6, 6.07) is 18.1. The van der Waals surface area contributed by atoms with Crippen LogP contribution in [0.15, 0.2) is 60.7 Å². The average molecular weight is 556 g/mol. The van der Waals surface area contributed by atoms with E-state index in [4.69, 9.17) is 0 Å². The summed E-state index contributed by atoms with van der Waals surface area (Å²) in [5.41, 5.74) is 2.34. The molecule has 3 fully saturated rings. The quantitative estimate of drug-likeness (QED) is 0.324. The molecule has 2 aliphatic heterocycles. The molecule has 41 heavy (non-hydrogen) atoms. The summed E-state index contributed by atoms with van der Waals surface area (Å²) in [5, 5.41) is 9.88. The van der Waals surface area contributed by atoms with Crippen molar-refractivity contribution in [3.05, 3.63) is 71.9 Å². The minimum absolute atomic E-state index is 0.0405. The summed E-state index contributed by atoms with van der Waals surface area (Å²) < 4.78 is 0. The number of amides is 4. The van der Waals surface area contributed by atoms with Crippen molar-refractivity contribution in [3.8, 4) is 0 Å². The molecule has 6 rings (SSSR count). The predicted molar refractivity (Wildman–Crippen MR) is 155 cm³/mol. The monoisotopic (exact) mass is 555 g/mol. The topological polar surface area (TPSA) is 123 Å². The van der Waals surface area contributed by atoms with Gasteiger partial charge in [-0.2, -0.15) is 0 Å². The molecule has 0 bridgehead atoms. The Hall–Kier alpha value is -4.14. The highest BCUT2D eigenvalue weighted by molar-refractivity contribution is 6.00. The van der Waals surface area contributed by atoms with Crippen LogP contribution in [0.25, 0.3) is 10.9 Å². The van der Waals surface area contributed by atoms with Crippen LogP contribution in [0.4, 0.5) is 0 Å². The number of aromatic nitrogens is 1. The summed E-state index contributed by atoms with van der Waals surface area (Å²) in [4.78, 5) is 58.1. The lowest BCUT2D eigenvalue weighted by atomic mass is 9.92. The molecule has 4 N–H and O–H groups in total. The van der Waals surface area contributed by atoms with Gasteiger partial charge in [0.2, 0.25) is 17.7 Å². The van der Waals surface area contributed by atoms with E-state index in [-0.39, 0.29) is 47.8 Å². The molecule has 2 aromatic carbocycles. The smallest absolute Gasteiger partial charge is 0.271 e. The zero-order valence-corrected chi connectivity index (χ0v) is 23.1. The fraction of sp³-hybridized carbons (Fsp3) is 0.438. The number of nitrogens with zero attached hydrogens (tertiary/aromatic N) is 1. The molecule has 5 atom stereocenters. The first-order valence-electron chi connectivity index (χ1n) is 14.7. The lowest BCUT2D eigenvalue weighted by Crippen LogP contribution is -2.52. The number of para-hydroxylation sites is 1. The minimum atomic E-state index is -0.603. The molecule has 4 amide bonds. The summed E-state index contributed by atoms with van der Waals surface area (Å²) in [7, 11) is 0. The fourth-order valence-electron chi connectivity index (χ4n) is 6.98. The molecule has 3 aromatic rings. The van der Waals surface area contributed by atoms with Crippen LogP contribution < -0.4 is 16.0 Å². The van der Waals surface area contributed by atoms with Gasteiger partial charge in [-0.3, -0.25) is 19.2 Å². The van der Waals surface area contributed by atoms with Crippen LogP contribution in [0.1, 0.15) is 54.6 Å². The van der Waals surface area contributed by atoms with E-state index in [9.17, 15) is 19.2 Å². The molecule has 1 aromatic heterocycles. The number of carbonyl (C=O) groups is 4. The maximum Gasteiger partial charge on any atom is 0.271 e. The van der Waals surface area contributed by atoms with Crippen LogP contribution in [0.2, 0.25) is 0 Å². The highest BCUT2D eigenvalue weighted by Gasteiger charge is 2.50. The number of fused-ring (bicyclic) bond motifs is 2. The Balaban J connectivity index is 1.18. The number of benzene rings is 2. The number of aromatic amines is 1. The highest BCUT2D eigenvalue weighted by Crippen LogP contribution is 2.43. The van der Waals surface area contributed by atoms with Gasteiger partial charge >= 0.3 is 0 Å². The van der Waals surface area contributed by atoms with Crippen LogP contribution in [0, 0.1) is 17.8 Å². The average Bonchev–Trinajstić information content (AvgIpc) is 3.76. The lowest BCUT2D eigenvalue weighted by Gasteiger charge is -2.29. The minimum Gasteiger partial charge on any atom is -0.356 e. The Morgan fingerprint density at radius 1 is 1.00 bits per heavy atom. The summed E-state index contributed by atoms with van der Waals surface area (Å²) in [6.07, 6.45) is 4.06. The van der Waals surface area contributed by atoms with Crippen LogP contribution in [0.3, 0.4) is 0 Å². The summed E-state index contributed by atoms with van der Waals surface area (Å²) in [6.45, 7) is 1.54. The first kappa shape index (κ1) is 27.1. The van der Waals surface area contributed by atoms with Gasteiger partial charge in [0.15, 0.2) is 0 Å². The molecule has 0 radical (unpaired) electrons. The van der Waals surface area contributed by atoms with Crippen LogP contribution >= 0.6 is 0 Å². The van der Waals surface area contributed by atoms with E-state index in [1.54, 1.807) is 4.90 Å². The zero-order valence-electron chi connectivity index (χ0n) is 23.1. The van der Waals surface area contributed by atoms with E-state index in [1.165, 1.54) is 0 Å². The molecule has 1 saturated carbocycles. The van der Waals surface area contributed by atoms with Gasteiger partial charge in [0, 0.05) is 48.9 Å². The Labute approximate surface area is 239 Å². The Bertz CT molecular complexity index is 1400. The van der Waals surface area contributed by atoms with E-state index in [0.717, 1.165) is 35.7 Å². The number of H-pyrrole nitrogens is 1. The molecule has 214 valence electrons. The number of likely N-dealkylation sites (tertiary alicyclic amines) is 1. The van der Waals surface area contributed by atoms with E-state index in [1.807, 2.05) is 60.7 Å². The number of hydrogen-bond donors (Lipinski definition) is 4. The van der Waals surface area contributed by atoms with Gasteiger partial charge in [-0.05, 0) is 55.2 Å². The van der Waals surface area contributed by atoms with Gasteiger partial charge in [-0.15, -0.1) is 0 Å². The van der Waals surface area contributed by atoms with Crippen molar-refractivity contribution in [2.45, 2.75) is 57.2 Å². The molecular formula is C32H37N5O4. The van der Waals surface area contributed by atoms with E-state index >= 15 is 0 Å². The van der Waals surface area contributed by atoms with E-state index in [0.29, 0.717) is 38.2 Å². The second-order valence-electron chi connectivity index (χ2n) is 11.7. The molecule has 2 saturated heterocycles. The maximum absolute atomic E-state index is 14.0. The van der Waals surface area contributed by atoms with Crippen molar-refractivity contribution in [2.75, 3.05) is 13.1 Å². The van der Waals surface area contributed by atoms with Gasteiger partial charge in [0.1, 0.15) is 11.7 Å². The molecule has 3 heterocycles. The lowest BCUT2D eigenvalue weighted by molar-refractivity contribution is -0.129. The van der Waals surface area contributed by atoms with Crippen molar-refractivity contribution < 1.29 is 19.2 Å². The normalized spacial score (nSPS) is 24.2. The second kappa shape index (κ2) is 11.8. The van der Waals surface area contributed by atoms with Gasteiger partial charge in [-0.1, -0.05) is 55.0 Å². The summed E-state index contributed by atoms with van der Waals surface area (Å²) in [5.74, 6) is -0.520. The largest absolute Gasteiger partial charge is 0.356 e. The number of rotatable bonds is 9. The third-order valence-corrected chi connectivity index (χ3v) is 9.02. The molecule has 0 unspecified atom stereocenters. The molecular weight excluding hydrogens is 518 g/mol. The maximum atomic E-state index is 14.0. The standard InChI is InChI=1S/C32H37N5O4/c38-28(34-18-20-7-2-1-3-8-20)17-24(15-22-13-14-33-30(22)39)35-31(40)29-25-11-6-10-23(25)19-37(29)32(41)27-16-21-9-4-5-12-26(21)36-27/h1-5,7-9,12,16,22-25,29,36H,6,10-11,13-15,17-19H2,(H,33,39)(H,34,38)(H,35,40)/t22-,23-,24-,25-,29-/m0/s1. The second-order valence-corrected chi connectivity index (χ2v) is 11.7. The molecule has 9 heteroatoms. The Morgan fingerprint density at radius 2 is 1.80 bits per heavy atom. The Kier molecular flexibility index (Phi) is 7.76. The van der Waals surface area contributed by atoms with Gasteiger partial charge in [0.05, 0.1) is 0 Å². The van der Waals surface area contributed by atoms with Crippen molar-refractivity contribution >= 4 is 34.5 Å². The molecule has 1 aliphatic carbocycles. The van der Waals surface area contributed by atoms with E-state index < -0.39 is 12.1 Å². The molecule has 0 spiro atoms. The number of carbonyl (C=O) groups excluding carboxylic acids is 4. The van der Waals surface area contributed by atoms with Crippen LogP contribution in [0.5, 0.6) is 0 Å². The van der Waals surface area contributed by atoms with Crippen molar-refractivity contribution in [1.82, 2.24) is 25.8 Å². The first-order valence-corrected chi connectivity index (χ1v) is 14.7. The van der Waals surface area contributed by atoms with Crippen LogP contribution in [-0.4, -0.2) is 58.7 Å². The highest BCUT2D eigenvalue weighted by atomic mass is 16.2. The van der Waals surface area contributed by atoms with Gasteiger partial charge < -0.3 is 25.8 Å². The summed E-state index contributed by atoms with van der Waals surface area (Å²) >= 11 is 0. The first-order chi connectivity index (χ1) is 20.0. The number of hydrogen-bond acceptors (Lipinski definition) is 4. The molecule has 3 aliphatic rings. The van der Waals surface area contributed by atoms with E-state index in [2.05, 4.69) is 20.9 Å². The Morgan fingerprint density at radius 3 is 2.59 bits per heavy atom. The fourth-order valence-corrected chi connectivity index (χ4v) is 6.98. The molecule has 9 nitrogen and oxygen atoms in total. The third-order valence-electron chi connectivity index (χ3n) is 9.02. The van der Waals surface area contributed by atoms with Crippen molar-refractivity contribution in [2.24, 2.45) is 17.8 Å². The van der Waals surface area contributed by atoms with Crippen molar-refractivity contribution in [1.29, 1.82) is 0 Å². The van der Waals surface area contributed by atoms with Gasteiger partial charge in [0.25, 0.3) is 5.91 Å². The van der Waals surface area contributed by atoms with Crippen LogP contribution in [-0.2, 0) is 20.9 Å². The third kappa shape index (κ3) is 5.85. The SMILES string of the molecule is O=C(C[C@H](C[C@@H]1CCNC1=O)NC(=O)[C@@H]1[C@H]2CCC[C@H]2CN1C(=O)c1cc2ccccc2[nH]1)NCc1ccccc1. The van der Waals surface area contributed by atoms with Crippen molar-refractivity contribution in [3.63, 3.8) is 0 Å². The number of nitrogens with one attached hydrogen (secondary N) is 4. The predicted octanol–water partition coefficient (Wildman–Crippen LogP) is 3.13. The zero-order chi connectivity index (χ0) is 28.3.